The third-order valence-electron chi connectivity index (χ3n) is 3.75. The van der Waals surface area contributed by atoms with Gasteiger partial charge >= 0.3 is 6.09 Å². The Hall–Kier alpha value is -2.58. The van der Waals surface area contributed by atoms with E-state index < -0.39 is 11.7 Å². The van der Waals surface area contributed by atoms with Gasteiger partial charge in [-0.25, -0.2) is 4.79 Å². The molecule has 0 aliphatic carbocycles. The molecule has 1 atom stereocenters. The molecule has 0 saturated carbocycles. The number of hydrogen-bond acceptors (Lipinski definition) is 6. The Bertz CT molecular complexity index is 790. The predicted molar refractivity (Wildman–Crippen MR) is 89.1 cm³/mol. The second kappa shape index (κ2) is 6.14. The molecular formula is C15H22N6O3. The molecule has 9 nitrogen and oxygen atoms in total. The average molecular weight is 334 g/mol. The van der Waals surface area contributed by atoms with Crippen LogP contribution in [0.5, 0.6) is 0 Å². The van der Waals surface area contributed by atoms with Crippen molar-refractivity contribution in [2.75, 3.05) is 18.0 Å². The molecule has 0 radical (unpaired) electrons. The number of nitrogens with one attached hydrogen (secondary N) is 3. The van der Waals surface area contributed by atoms with E-state index in [1.54, 1.807) is 0 Å². The van der Waals surface area contributed by atoms with Gasteiger partial charge in [0.1, 0.15) is 11.0 Å². The molecule has 1 amide bonds. The van der Waals surface area contributed by atoms with Gasteiger partial charge in [-0.1, -0.05) is 0 Å². The highest BCUT2D eigenvalue weighted by Gasteiger charge is 2.25. The van der Waals surface area contributed by atoms with Crippen LogP contribution in [0.2, 0.25) is 0 Å². The number of alkyl carbamates (subject to hydrolysis) is 1. The van der Waals surface area contributed by atoms with Gasteiger partial charge in [-0.15, -0.1) is 0 Å². The largest absolute Gasteiger partial charge is 0.444 e. The van der Waals surface area contributed by atoms with Crippen molar-refractivity contribution in [3.05, 3.63) is 16.6 Å². The lowest BCUT2D eigenvalue weighted by Crippen LogP contribution is -2.49. The fraction of sp³-hybridized carbons (Fsp3) is 0.600. The number of hydrogen-bond donors (Lipinski definition) is 3. The Labute approximate surface area is 138 Å². The summed E-state index contributed by atoms with van der Waals surface area (Å²) in [5.74, 6) is 0.479. The third-order valence-corrected chi connectivity index (χ3v) is 3.75. The van der Waals surface area contributed by atoms with Gasteiger partial charge in [-0.3, -0.25) is 14.9 Å². The van der Waals surface area contributed by atoms with E-state index >= 15 is 0 Å². The van der Waals surface area contributed by atoms with Crippen molar-refractivity contribution in [3.63, 3.8) is 0 Å². The fourth-order valence-corrected chi connectivity index (χ4v) is 2.74. The smallest absolute Gasteiger partial charge is 0.407 e. The zero-order chi connectivity index (χ0) is 17.3. The number of anilines is 1. The first-order chi connectivity index (χ1) is 11.3. The Morgan fingerprint density at radius 2 is 2.25 bits per heavy atom. The van der Waals surface area contributed by atoms with E-state index in [2.05, 4.69) is 25.5 Å². The second-order valence-electron chi connectivity index (χ2n) is 6.95. The van der Waals surface area contributed by atoms with E-state index in [0.29, 0.717) is 23.5 Å². The standard InChI is InChI=1S/C15H22N6O3/c1-15(2,3)24-14(23)17-9-5-4-6-21(8-9)13-18-11-10(7-16-20-11)12(22)19-13/h7,9H,4-6,8H2,1-3H3,(H,17,23)(H2,16,18,19,20,22). The normalized spacial score (nSPS) is 18.6. The van der Waals surface area contributed by atoms with Gasteiger partial charge in [0.15, 0.2) is 5.65 Å². The third kappa shape index (κ3) is 3.66. The van der Waals surface area contributed by atoms with Crippen LogP contribution < -0.4 is 15.8 Å². The molecule has 3 rings (SSSR count). The number of carbonyl (C=O) groups is 1. The van der Waals surface area contributed by atoms with Gasteiger partial charge in [0.25, 0.3) is 5.56 Å². The topological polar surface area (TPSA) is 116 Å². The first-order valence-corrected chi connectivity index (χ1v) is 8.00. The van der Waals surface area contributed by atoms with Crippen LogP contribution in [0.1, 0.15) is 33.6 Å². The molecule has 0 spiro atoms. The Morgan fingerprint density at radius 1 is 1.46 bits per heavy atom. The van der Waals surface area contributed by atoms with Crippen LogP contribution in [0.4, 0.5) is 10.7 Å². The van der Waals surface area contributed by atoms with Crippen molar-refractivity contribution in [2.45, 2.75) is 45.3 Å². The van der Waals surface area contributed by atoms with E-state index in [1.165, 1.54) is 6.20 Å². The number of nitrogens with zero attached hydrogens (tertiary/aromatic N) is 3. The zero-order valence-corrected chi connectivity index (χ0v) is 14.0. The van der Waals surface area contributed by atoms with Crippen molar-refractivity contribution < 1.29 is 9.53 Å². The monoisotopic (exact) mass is 334 g/mol. The predicted octanol–water partition coefficient (Wildman–Crippen LogP) is 1.14. The summed E-state index contributed by atoms with van der Waals surface area (Å²) >= 11 is 0. The number of fused-ring (bicyclic) bond motifs is 1. The van der Waals surface area contributed by atoms with Crippen molar-refractivity contribution in [1.82, 2.24) is 25.5 Å². The maximum atomic E-state index is 12.0. The lowest BCUT2D eigenvalue weighted by atomic mass is 10.1. The number of amides is 1. The molecule has 1 saturated heterocycles. The van der Waals surface area contributed by atoms with Crippen molar-refractivity contribution in [1.29, 1.82) is 0 Å². The SMILES string of the molecule is CC(C)(C)OC(=O)NC1CCCN(c2nc3[nH]ncc3c(=O)[nH]2)C1. The lowest BCUT2D eigenvalue weighted by Gasteiger charge is -2.33. The molecule has 9 heteroatoms. The average Bonchev–Trinajstić information content (AvgIpc) is 2.94. The summed E-state index contributed by atoms with van der Waals surface area (Å²) in [5.41, 5.74) is -0.307. The maximum Gasteiger partial charge on any atom is 0.407 e. The van der Waals surface area contributed by atoms with Gasteiger partial charge < -0.3 is 15.0 Å². The minimum Gasteiger partial charge on any atom is -0.444 e. The van der Waals surface area contributed by atoms with Crippen molar-refractivity contribution in [3.8, 4) is 0 Å². The number of H-pyrrole nitrogens is 2. The summed E-state index contributed by atoms with van der Waals surface area (Å²) in [4.78, 5) is 33.1. The van der Waals surface area contributed by atoms with Gasteiger partial charge in [0.05, 0.1) is 6.20 Å². The van der Waals surface area contributed by atoms with Crippen LogP contribution in [0.25, 0.3) is 11.0 Å². The number of carbonyl (C=O) groups excluding carboxylic acids is 1. The van der Waals surface area contributed by atoms with Gasteiger partial charge in [-0.05, 0) is 33.6 Å². The Balaban J connectivity index is 1.70. The lowest BCUT2D eigenvalue weighted by molar-refractivity contribution is 0.0500. The molecule has 130 valence electrons. The molecule has 0 bridgehead atoms. The van der Waals surface area contributed by atoms with E-state index in [4.69, 9.17) is 4.74 Å². The van der Waals surface area contributed by atoms with Crippen LogP contribution in [0.15, 0.2) is 11.0 Å². The molecule has 3 heterocycles. The summed E-state index contributed by atoms with van der Waals surface area (Å²) in [5, 5.41) is 9.86. The van der Waals surface area contributed by atoms with Crippen LogP contribution >= 0.6 is 0 Å². The van der Waals surface area contributed by atoms with E-state index in [1.807, 2.05) is 25.7 Å². The zero-order valence-electron chi connectivity index (χ0n) is 14.0. The highest BCUT2D eigenvalue weighted by molar-refractivity contribution is 5.73. The van der Waals surface area contributed by atoms with E-state index in [9.17, 15) is 9.59 Å². The van der Waals surface area contributed by atoms with E-state index in [0.717, 1.165) is 19.4 Å². The molecule has 24 heavy (non-hydrogen) atoms. The summed E-state index contributed by atoms with van der Waals surface area (Å²) in [6, 6.07) is -0.0589. The second-order valence-corrected chi connectivity index (χ2v) is 6.95. The van der Waals surface area contributed by atoms with Gasteiger partial charge in [0, 0.05) is 19.1 Å². The summed E-state index contributed by atoms with van der Waals surface area (Å²) < 4.78 is 5.29. The molecule has 3 N–H and O–H groups in total. The highest BCUT2D eigenvalue weighted by Crippen LogP contribution is 2.17. The Morgan fingerprint density at radius 3 is 3.00 bits per heavy atom. The summed E-state index contributed by atoms with van der Waals surface area (Å²) in [6.07, 6.45) is 2.76. The molecule has 0 aromatic carbocycles. The minimum absolute atomic E-state index is 0.0589. The molecule has 1 unspecified atom stereocenters. The first kappa shape index (κ1) is 16.3. The highest BCUT2D eigenvalue weighted by atomic mass is 16.6. The number of rotatable bonds is 2. The van der Waals surface area contributed by atoms with E-state index in [-0.39, 0.29) is 11.6 Å². The molecular weight excluding hydrogens is 312 g/mol. The number of piperidine rings is 1. The molecule has 1 fully saturated rings. The first-order valence-electron chi connectivity index (χ1n) is 8.00. The number of ether oxygens (including phenoxy) is 1. The van der Waals surface area contributed by atoms with Crippen LogP contribution in [-0.4, -0.2) is 51.0 Å². The van der Waals surface area contributed by atoms with Crippen LogP contribution in [-0.2, 0) is 4.74 Å². The minimum atomic E-state index is -0.531. The molecule has 1 aliphatic rings. The van der Waals surface area contributed by atoms with Gasteiger partial charge in [-0.2, -0.15) is 10.1 Å². The molecule has 2 aromatic heterocycles. The van der Waals surface area contributed by atoms with Crippen LogP contribution in [0.3, 0.4) is 0 Å². The summed E-state index contributed by atoms with van der Waals surface area (Å²) in [6.45, 7) is 6.80. The number of aromatic nitrogens is 4. The maximum absolute atomic E-state index is 12.0. The molecule has 1 aliphatic heterocycles. The molecule has 2 aromatic rings. The van der Waals surface area contributed by atoms with Gasteiger partial charge in [0.2, 0.25) is 5.95 Å². The number of aromatic amines is 2. The summed E-state index contributed by atoms with van der Waals surface area (Å²) in [7, 11) is 0. The van der Waals surface area contributed by atoms with Crippen molar-refractivity contribution >= 4 is 23.1 Å². The quantitative estimate of drug-likeness (QED) is 0.758. The Kier molecular flexibility index (Phi) is 4.16. The fourth-order valence-electron chi connectivity index (χ4n) is 2.74. The van der Waals surface area contributed by atoms with Crippen LogP contribution in [0, 0.1) is 0 Å². The van der Waals surface area contributed by atoms with Crippen molar-refractivity contribution in [2.24, 2.45) is 0 Å².